The molecule has 1 heterocycles. The van der Waals surface area contributed by atoms with Gasteiger partial charge < -0.3 is 15.4 Å². The lowest BCUT2D eigenvalue weighted by atomic mass is 10.0. The number of aromatic nitrogens is 2. The number of benzene rings is 2. The highest BCUT2D eigenvalue weighted by Gasteiger charge is 2.13. The molecule has 0 aliphatic heterocycles. The van der Waals surface area contributed by atoms with Gasteiger partial charge in [0, 0.05) is 36.6 Å². The predicted molar refractivity (Wildman–Crippen MR) is 103 cm³/mol. The number of nitrogens with two attached hydrogens (primary N) is 1. The Morgan fingerprint density at radius 2 is 1.78 bits per heavy atom. The van der Waals surface area contributed by atoms with Crippen molar-refractivity contribution in [3.8, 4) is 11.4 Å². The van der Waals surface area contributed by atoms with Crippen molar-refractivity contribution in [2.45, 2.75) is 19.3 Å². The number of carboxylic acids is 1. The van der Waals surface area contributed by atoms with Crippen LogP contribution in [0.5, 0.6) is 0 Å². The van der Waals surface area contributed by atoms with Crippen molar-refractivity contribution in [2.24, 2.45) is 12.8 Å². The summed E-state index contributed by atoms with van der Waals surface area (Å²) in [6.45, 7) is 0. The molecule has 0 aliphatic rings. The van der Waals surface area contributed by atoms with Crippen LogP contribution < -0.4 is 5.73 Å². The topological polar surface area (TPSA) is 122 Å². The molecule has 2 aromatic carbocycles. The van der Waals surface area contributed by atoms with Gasteiger partial charge in [-0.15, -0.1) is 0 Å². The van der Waals surface area contributed by atoms with E-state index in [9.17, 15) is 9.59 Å². The van der Waals surface area contributed by atoms with Gasteiger partial charge in [-0.25, -0.2) is 4.98 Å². The number of carbonyl (C=O) groups is 2. The molecule has 0 fully saturated rings. The first-order valence-electron chi connectivity index (χ1n) is 8.53. The molecule has 7 nitrogen and oxygen atoms in total. The molecule has 0 aliphatic carbocycles. The van der Waals surface area contributed by atoms with Gasteiger partial charge >= 0.3 is 5.97 Å². The van der Waals surface area contributed by atoms with Crippen LogP contribution in [0, 0.1) is 5.41 Å². The van der Waals surface area contributed by atoms with Crippen LogP contribution >= 0.6 is 0 Å². The Bertz CT molecular complexity index is 1040. The molecule has 0 saturated carbocycles. The Morgan fingerprint density at radius 3 is 2.41 bits per heavy atom. The number of nitrogens with one attached hydrogen (secondary N) is 1. The van der Waals surface area contributed by atoms with E-state index in [1.54, 1.807) is 24.3 Å². The molecule has 7 heteroatoms. The van der Waals surface area contributed by atoms with E-state index < -0.39 is 5.97 Å². The summed E-state index contributed by atoms with van der Waals surface area (Å²) in [4.78, 5) is 27.5. The number of hydrogen-bond acceptors (Lipinski definition) is 4. The van der Waals surface area contributed by atoms with E-state index in [0.29, 0.717) is 23.1 Å². The second-order valence-electron chi connectivity index (χ2n) is 6.36. The highest BCUT2D eigenvalue weighted by molar-refractivity contribution is 5.99. The zero-order chi connectivity index (χ0) is 19.6. The Balaban J connectivity index is 1.89. The van der Waals surface area contributed by atoms with E-state index in [1.165, 1.54) is 0 Å². The van der Waals surface area contributed by atoms with Crippen molar-refractivity contribution < 1.29 is 14.7 Å². The number of rotatable bonds is 7. The quantitative estimate of drug-likeness (QED) is 0.338. The number of carbonyl (C=O) groups excluding carboxylic acids is 1. The van der Waals surface area contributed by atoms with E-state index in [2.05, 4.69) is 4.98 Å². The number of fused-ring (bicyclic) bond motifs is 1. The number of carboxylic acid groups (broad SMARTS) is 1. The summed E-state index contributed by atoms with van der Waals surface area (Å²) < 4.78 is 1.94. The van der Waals surface area contributed by atoms with Crippen molar-refractivity contribution in [3.05, 3.63) is 53.6 Å². The molecular formula is C20H20N4O3. The third-order valence-corrected chi connectivity index (χ3v) is 4.45. The van der Waals surface area contributed by atoms with E-state index in [0.717, 1.165) is 16.9 Å². The fourth-order valence-electron chi connectivity index (χ4n) is 2.97. The predicted octanol–water partition coefficient (Wildman–Crippen LogP) is 2.96. The fraction of sp³-hybridized carbons (Fsp3) is 0.200. The standard InChI is InChI=1S/C20H20N4O3/c1-24-16-10-9-14(17(25)3-2-4-18(26)27)11-15(16)23-20(24)13-7-5-12(6-8-13)19(21)22/h5-11H,2-4H2,1H3,(H3,21,22)(H,26,27). The number of aliphatic carboxylic acids is 1. The monoisotopic (exact) mass is 364 g/mol. The average molecular weight is 364 g/mol. The first kappa shape index (κ1) is 18.3. The maximum Gasteiger partial charge on any atom is 0.303 e. The minimum Gasteiger partial charge on any atom is -0.481 e. The van der Waals surface area contributed by atoms with Gasteiger partial charge in [0.2, 0.25) is 0 Å². The van der Waals surface area contributed by atoms with E-state index >= 15 is 0 Å². The summed E-state index contributed by atoms with van der Waals surface area (Å²) >= 11 is 0. The minimum atomic E-state index is -0.900. The minimum absolute atomic E-state index is 0.0117. The van der Waals surface area contributed by atoms with Gasteiger partial charge in [0.25, 0.3) is 0 Å². The summed E-state index contributed by atoms with van der Waals surface area (Å²) in [6.07, 6.45) is 0.504. The normalized spacial score (nSPS) is 10.9. The van der Waals surface area contributed by atoms with Crippen molar-refractivity contribution in [2.75, 3.05) is 0 Å². The average Bonchev–Trinajstić information content (AvgIpc) is 2.97. The zero-order valence-electron chi connectivity index (χ0n) is 14.9. The molecule has 3 aromatic rings. The van der Waals surface area contributed by atoms with Gasteiger partial charge in [0.15, 0.2) is 5.78 Å². The lowest BCUT2D eigenvalue weighted by Gasteiger charge is -2.04. The summed E-state index contributed by atoms with van der Waals surface area (Å²) in [5.74, 6) is -0.229. The van der Waals surface area contributed by atoms with E-state index in [-0.39, 0.29) is 24.5 Å². The van der Waals surface area contributed by atoms with Crippen LogP contribution in [0.3, 0.4) is 0 Å². The molecule has 0 atom stereocenters. The van der Waals surface area contributed by atoms with Crippen LogP contribution in [0.1, 0.15) is 35.2 Å². The summed E-state index contributed by atoms with van der Waals surface area (Å²) in [7, 11) is 1.90. The Hall–Kier alpha value is -3.48. The van der Waals surface area contributed by atoms with Crippen molar-refractivity contribution in [1.29, 1.82) is 5.41 Å². The lowest BCUT2D eigenvalue weighted by molar-refractivity contribution is -0.137. The molecule has 4 N–H and O–H groups in total. The zero-order valence-corrected chi connectivity index (χ0v) is 14.9. The van der Waals surface area contributed by atoms with Gasteiger partial charge in [-0.1, -0.05) is 24.3 Å². The molecule has 0 spiro atoms. The Morgan fingerprint density at radius 1 is 1.11 bits per heavy atom. The third-order valence-electron chi connectivity index (χ3n) is 4.45. The number of hydrogen-bond donors (Lipinski definition) is 3. The number of amidine groups is 1. The van der Waals surface area contributed by atoms with Crippen LogP contribution in [0.2, 0.25) is 0 Å². The number of aryl methyl sites for hydroxylation is 1. The molecule has 0 bridgehead atoms. The highest BCUT2D eigenvalue weighted by atomic mass is 16.4. The summed E-state index contributed by atoms with van der Waals surface area (Å²) in [5.41, 5.74) is 9.14. The molecule has 0 amide bonds. The first-order valence-corrected chi connectivity index (χ1v) is 8.53. The van der Waals surface area contributed by atoms with Crippen molar-refractivity contribution in [1.82, 2.24) is 9.55 Å². The molecule has 0 unspecified atom stereocenters. The van der Waals surface area contributed by atoms with E-state index in [1.807, 2.05) is 29.8 Å². The number of nitrogen functional groups attached to an aromatic ring is 1. The molecule has 138 valence electrons. The second kappa shape index (κ2) is 7.41. The van der Waals surface area contributed by atoms with Gasteiger partial charge in [-0.05, 0) is 24.6 Å². The van der Waals surface area contributed by atoms with Crippen LogP contribution in [0.25, 0.3) is 22.4 Å². The van der Waals surface area contributed by atoms with Gasteiger partial charge in [0.1, 0.15) is 11.7 Å². The number of imidazole rings is 1. The van der Waals surface area contributed by atoms with Gasteiger partial charge in [-0.3, -0.25) is 15.0 Å². The highest BCUT2D eigenvalue weighted by Crippen LogP contribution is 2.25. The Labute approximate surface area is 156 Å². The first-order chi connectivity index (χ1) is 12.9. The summed E-state index contributed by atoms with van der Waals surface area (Å²) in [6, 6.07) is 12.6. The molecule has 0 saturated heterocycles. The smallest absolute Gasteiger partial charge is 0.303 e. The molecule has 1 aromatic heterocycles. The molecule has 0 radical (unpaired) electrons. The molecule has 3 rings (SSSR count). The number of Topliss-reactive ketones (excluding diaryl/α,β-unsaturated/α-hetero) is 1. The van der Waals surface area contributed by atoms with Gasteiger partial charge in [-0.2, -0.15) is 0 Å². The maximum atomic E-state index is 12.3. The van der Waals surface area contributed by atoms with Crippen LogP contribution in [-0.2, 0) is 11.8 Å². The van der Waals surface area contributed by atoms with Crippen molar-refractivity contribution in [3.63, 3.8) is 0 Å². The SMILES string of the molecule is Cn1c(-c2ccc(C(=N)N)cc2)nc2cc(C(=O)CCCC(=O)O)ccc21. The number of ketones is 1. The fourth-order valence-corrected chi connectivity index (χ4v) is 2.97. The molecule has 27 heavy (non-hydrogen) atoms. The largest absolute Gasteiger partial charge is 0.481 e. The van der Waals surface area contributed by atoms with E-state index in [4.69, 9.17) is 16.2 Å². The van der Waals surface area contributed by atoms with Crippen LogP contribution in [0.15, 0.2) is 42.5 Å². The number of nitrogens with zero attached hydrogens (tertiary/aromatic N) is 2. The third kappa shape index (κ3) is 3.87. The molecular weight excluding hydrogens is 344 g/mol. The van der Waals surface area contributed by atoms with Crippen LogP contribution in [-0.4, -0.2) is 32.2 Å². The van der Waals surface area contributed by atoms with Crippen LogP contribution in [0.4, 0.5) is 0 Å². The second-order valence-corrected chi connectivity index (χ2v) is 6.36. The lowest BCUT2D eigenvalue weighted by Crippen LogP contribution is -2.10. The maximum absolute atomic E-state index is 12.3. The summed E-state index contributed by atoms with van der Waals surface area (Å²) in [5, 5.41) is 16.2. The Kier molecular flexibility index (Phi) is 5.03. The van der Waals surface area contributed by atoms with Gasteiger partial charge in [0.05, 0.1) is 11.0 Å². The van der Waals surface area contributed by atoms with Crippen molar-refractivity contribution >= 4 is 28.6 Å².